The van der Waals surface area contributed by atoms with Crippen molar-refractivity contribution in [3.63, 3.8) is 0 Å². The molecule has 1 aromatic rings. The highest BCUT2D eigenvalue weighted by atomic mass is 16.5. The maximum absolute atomic E-state index is 11.6. The van der Waals surface area contributed by atoms with E-state index in [4.69, 9.17) is 15.2 Å². The lowest BCUT2D eigenvalue weighted by Crippen LogP contribution is -2.42. The summed E-state index contributed by atoms with van der Waals surface area (Å²) in [6.45, 7) is 4.28. The fraction of sp³-hybridized carbons (Fsp3) is 0.538. The van der Waals surface area contributed by atoms with Gasteiger partial charge in [-0.3, -0.25) is 0 Å². The van der Waals surface area contributed by atoms with Crippen molar-refractivity contribution in [2.24, 2.45) is 0 Å². The molecule has 2 N–H and O–H groups in total. The van der Waals surface area contributed by atoms with E-state index in [1.54, 1.807) is 6.07 Å². The molecule has 1 aromatic heterocycles. The highest BCUT2D eigenvalue weighted by Gasteiger charge is 2.21. The third-order valence-corrected chi connectivity index (χ3v) is 3.24. The first-order chi connectivity index (χ1) is 9.15. The molecule has 6 heteroatoms. The Morgan fingerprint density at radius 3 is 3.16 bits per heavy atom. The van der Waals surface area contributed by atoms with E-state index in [0.29, 0.717) is 17.9 Å². The van der Waals surface area contributed by atoms with Crippen molar-refractivity contribution < 1.29 is 14.3 Å². The summed E-state index contributed by atoms with van der Waals surface area (Å²) in [5.74, 6) is 0.290. The van der Waals surface area contributed by atoms with Crippen molar-refractivity contribution in [1.29, 1.82) is 0 Å². The molecule has 1 atom stereocenters. The van der Waals surface area contributed by atoms with Gasteiger partial charge in [0.05, 0.1) is 37.3 Å². The number of morpholine rings is 1. The Morgan fingerprint density at radius 2 is 2.47 bits per heavy atom. The Morgan fingerprint density at radius 1 is 1.68 bits per heavy atom. The number of ether oxygens (including phenoxy) is 2. The second-order valence-corrected chi connectivity index (χ2v) is 4.47. The molecule has 0 bridgehead atoms. The van der Waals surface area contributed by atoms with E-state index in [-0.39, 0.29) is 6.10 Å². The molecule has 0 aliphatic carbocycles. The number of pyridine rings is 1. The second kappa shape index (κ2) is 5.88. The zero-order valence-corrected chi connectivity index (χ0v) is 11.3. The summed E-state index contributed by atoms with van der Waals surface area (Å²) >= 11 is 0. The second-order valence-electron chi connectivity index (χ2n) is 4.47. The monoisotopic (exact) mass is 265 g/mol. The molecular weight excluding hydrogens is 246 g/mol. The van der Waals surface area contributed by atoms with Gasteiger partial charge in [0.25, 0.3) is 0 Å². The van der Waals surface area contributed by atoms with Crippen LogP contribution in [0.4, 0.5) is 11.5 Å². The molecule has 19 heavy (non-hydrogen) atoms. The van der Waals surface area contributed by atoms with E-state index in [1.165, 1.54) is 13.3 Å². The Kier molecular flexibility index (Phi) is 4.21. The third-order valence-electron chi connectivity index (χ3n) is 3.24. The summed E-state index contributed by atoms with van der Waals surface area (Å²) in [5, 5.41) is 0. The van der Waals surface area contributed by atoms with Gasteiger partial charge in [0.2, 0.25) is 0 Å². The molecule has 1 fully saturated rings. The Labute approximate surface area is 112 Å². The first kappa shape index (κ1) is 13.6. The predicted octanol–water partition coefficient (Wildman–Crippen LogP) is 1.07. The number of hydrogen-bond acceptors (Lipinski definition) is 6. The topological polar surface area (TPSA) is 77.7 Å². The Bertz CT molecular complexity index is 464. The molecule has 0 radical (unpaired) electrons. The zero-order valence-electron chi connectivity index (χ0n) is 11.3. The standard InChI is InChI=1S/C13H19N3O3/c1-3-9-8-16(4-5-19-9)12-6-10(13(17)18-2)11(14)7-15-12/h6-7,9H,3-5,8,14H2,1-2H3. The number of esters is 1. The summed E-state index contributed by atoms with van der Waals surface area (Å²) in [4.78, 5) is 18.0. The van der Waals surface area contributed by atoms with Crippen LogP contribution in [0.15, 0.2) is 12.3 Å². The van der Waals surface area contributed by atoms with Gasteiger partial charge in [-0.2, -0.15) is 0 Å². The molecule has 104 valence electrons. The zero-order chi connectivity index (χ0) is 13.8. The average Bonchev–Trinajstić information content (AvgIpc) is 2.47. The number of carbonyl (C=O) groups is 1. The largest absolute Gasteiger partial charge is 0.465 e. The van der Waals surface area contributed by atoms with Crippen molar-refractivity contribution in [2.45, 2.75) is 19.4 Å². The molecule has 0 spiro atoms. The third kappa shape index (κ3) is 2.96. The van der Waals surface area contributed by atoms with Gasteiger partial charge in [0.15, 0.2) is 0 Å². The SMILES string of the molecule is CCC1CN(c2cc(C(=O)OC)c(N)cn2)CCO1. The van der Waals surface area contributed by atoms with E-state index in [0.717, 1.165) is 25.3 Å². The molecular formula is C13H19N3O3. The molecule has 0 amide bonds. The van der Waals surface area contributed by atoms with Crippen LogP contribution in [0.2, 0.25) is 0 Å². The van der Waals surface area contributed by atoms with Crippen LogP contribution >= 0.6 is 0 Å². The number of nitrogens with two attached hydrogens (primary N) is 1. The smallest absolute Gasteiger partial charge is 0.340 e. The van der Waals surface area contributed by atoms with Crippen LogP contribution in [0, 0.1) is 0 Å². The van der Waals surface area contributed by atoms with Crippen molar-refractivity contribution in [2.75, 3.05) is 37.4 Å². The number of carbonyl (C=O) groups excluding carboxylic acids is 1. The maximum atomic E-state index is 11.6. The van der Waals surface area contributed by atoms with Crippen LogP contribution in [-0.4, -0.2) is 43.9 Å². The van der Waals surface area contributed by atoms with Crippen LogP contribution in [-0.2, 0) is 9.47 Å². The fourth-order valence-electron chi connectivity index (χ4n) is 2.09. The molecule has 1 aliphatic rings. The maximum Gasteiger partial charge on any atom is 0.340 e. The number of rotatable bonds is 3. The van der Waals surface area contributed by atoms with Crippen LogP contribution < -0.4 is 10.6 Å². The van der Waals surface area contributed by atoms with Gasteiger partial charge in [-0.25, -0.2) is 9.78 Å². The Hall–Kier alpha value is -1.82. The fourth-order valence-corrected chi connectivity index (χ4v) is 2.09. The van der Waals surface area contributed by atoms with Gasteiger partial charge in [-0.05, 0) is 12.5 Å². The van der Waals surface area contributed by atoms with Crippen LogP contribution in [0.25, 0.3) is 0 Å². The highest BCUT2D eigenvalue weighted by molar-refractivity contribution is 5.95. The molecule has 2 heterocycles. The van der Waals surface area contributed by atoms with Crippen LogP contribution in [0.1, 0.15) is 23.7 Å². The summed E-state index contributed by atoms with van der Waals surface area (Å²) in [6.07, 6.45) is 2.66. The molecule has 1 unspecified atom stereocenters. The quantitative estimate of drug-likeness (QED) is 0.824. The van der Waals surface area contributed by atoms with Gasteiger partial charge in [0, 0.05) is 13.1 Å². The van der Waals surface area contributed by atoms with Crippen molar-refractivity contribution in [3.05, 3.63) is 17.8 Å². The first-order valence-corrected chi connectivity index (χ1v) is 6.36. The minimum Gasteiger partial charge on any atom is -0.465 e. The minimum absolute atomic E-state index is 0.203. The molecule has 2 rings (SSSR count). The van der Waals surface area contributed by atoms with Gasteiger partial charge in [-0.1, -0.05) is 6.92 Å². The van der Waals surface area contributed by atoms with E-state index in [1.807, 2.05) is 0 Å². The van der Waals surface area contributed by atoms with E-state index in [2.05, 4.69) is 16.8 Å². The lowest BCUT2D eigenvalue weighted by atomic mass is 10.2. The first-order valence-electron chi connectivity index (χ1n) is 6.36. The summed E-state index contributed by atoms with van der Waals surface area (Å²) in [5.41, 5.74) is 6.43. The van der Waals surface area contributed by atoms with Gasteiger partial charge in [0.1, 0.15) is 5.82 Å². The van der Waals surface area contributed by atoms with E-state index < -0.39 is 5.97 Å². The number of methoxy groups -OCH3 is 1. The van der Waals surface area contributed by atoms with E-state index >= 15 is 0 Å². The lowest BCUT2D eigenvalue weighted by molar-refractivity contribution is 0.0381. The van der Waals surface area contributed by atoms with Crippen LogP contribution in [0.3, 0.4) is 0 Å². The predicted molar refractivity (Wildman–Crippen MR) is 72.2 cm³/mol. The van der Waals surface area contributed by atoms with Gasteiger partial charge < -0.3 is 20.1 Å². The molecule has 1 aliphatic heterocycles. The van der Waals surface area contributed by atoms with Crippen molar-refractivity contribution in [1.82, 2.24) is 4.98 Å². The number of nitrogens with zero attached hydrogens (tertiary/aromatic N) is 2. The minimum atomic E-state index is -0.443. The number of aromatic nitrogens is 1. The average molecular weight is 265 g/mol. The molecule has 1 saturated heterocycles. The molecule has 0 aromatic carbocycles. The van der Waals surface area contributed by atoms with Crippen LogP contribution in [0.5, 0.6) is 0 Å². The van der Waals surface area contributed by atoms with Crippen molar-refractivity contribution >= 4 is 17.5 Å². The number of anilines is 2. The lowest BCUT2D eigenvalue weighted by Gasteiger charge is -2.33. The summed E-state index contributed by atoms with van der Waals surface area (Å²) < 4.78 is 10.3. The van der Waals surface area contributed by atoms with Crippen molar-refractivity contribution in [3.8, 4) is 0 Å². The Balaban J connectivity index is 2.22. The normalized spacial score (nSPS) is 19.3. The molecule has 0 saturated carbocycles. The number of nitrogen functional groups attached to an aromatic ring is 1. The van der Waals surface area contributed by atoms with E-state index in [9.17, 15) is 4.79 Å². The number of hydrogen-bond donors (Lipinski definition) is 1. The summed E-state index contributed by atoms with van der Waals surface area (Å²) in [6, 6.07) is 1.68. The van der Waals surface area contributed by atoms with Gasteiger partial charge >= 0.3 is 5.97 Å². The summed E-state index contributed by atoms with van der Waals surface area (Å²) in [7, 11) is 1.34. The molecule has 6 nitrogen and oxygen atoms in total. The van der Waals surface area contributed by atoms with Gasteiger partial charge in [-0.15, -0.1) is 0 Å². The highest BCUT2D eigenvalue weighted by Crippen LogP contribution is 2.21.